The standard InChI is InChI=1S/C28H26ClFN2O6.C2H6/c1-18-11-23(37-10-9-36-8-7-35-2)4-5-25(18)32-27(33)17-38-26-6-3-21(29)15-24(26)28(34)20-12-19(16-31)13-22(30)14-20;1-2/h3-6,11-15H,7-10,17H2,1-2H3,(H,32,33);1-2H3. The number of anilines is 1. The third-order valence-electron chi connectivity index (χ3n) is 5.23. The molecule has 0 heterocycles. The van der Waals surface area contributed by atoms with Crippen molar-refractivity contribution in [1.29, 1.82) is 5.26 Å². The van der Waals surface area contributed by atoms with Gasteiger partial charge in [0.2, 0.25) is 0 Å². The Morgan fingerprint density at radius 2 is 1.73 bits per heavy atom. The predicted octanol–water partition coefficient (Wildman–Crippen LogP) is 5.98. The van der Waals surface area contributed by atoms with Crippen LogP contribution >= 0.6 is 11.6 Å². The Morgan fingerprint density at radius 3 is 2.42 bits per heavy atom. The summed E-state index contributed by atoms with van der Waals surface area (Å²) in [5.41, 5.74) is 1.33. The van der Waals surface area contributed by atoms with Crippen LogP contribution in [-0.4, -0.2) is 51.8 Å². The molecule has 0 radical (unpaired) electrons. The minimum absolute atomic E-state index is 0.000535. The minimum Gasteiger partial charge on any atom is -0.491 e. The molecule has 8 nitrogen and oxygen atoms in total. The molecule has 3 rings (SSSR count). The molecule has 1 N–H and O–H groups in total. The van der Waals surface area contributed by atoms with Crippen LogP contribution in [0.1, 0.15) is 40.9 Å². The van der Waals surface area contributed by atoms with Gasteiger partial charge in [0.1, 0.15) is 23.9 Å². The van der Waals surface area contributed by atoms with Crippen molar-refractivity contribution in [2.24, 2.45) is 0 Å². The van der Waals surface area contributed by atoms with Crippen molar-refractivity contribution in [2.75, 3.05) is 45.5 Å². The Morgan fingerprint density at radius 1 is 0.975 bits per heavy atom. The topological polar surface area (TPSA) is 107 Å². The second-order valence-electron chi connectivity index (χ2n) is 8.08. The van der Waals surface area contributed by atoms with Gasteiger partial charge in [0.15, 0.2) is 12.4 Å². The minimum atomic E-state index is -0.724. The van der Waals surface area contributed by atoms with Crippen LogP contribution in [0.3, 0.4) is 0 Å². The number of nitrogens with zero attached hydrogens (tertiary/aromatic N) is 1. The zero-order valence-electron chi connectivity index (χ0n) is 22.9. The molecule has 3 aromatic rings. The van der Waals surface area contributed by atoms with Crippen LogP contribution in [0.25, 0.3) is 0 Å². The first-order valence-corrected chi connectivity index (χ1v) is 13.0. The van der Waals surface area contributed by atoms with Gasteiger partial charge in [-0.3, -0.25) is 9.59 Å². The van der Waals surface area contributed by atoms with Crippen molar-refractivity contribution in [3.05, 3.63) is 87.7 Å². The molecule has 0 aliphatic rings. The molecule has 0 bridgehead atoms. The number of ketones is 1. The summed E-state index contributed by atoms with van der Waals surface area (Å²) in [7, 11) is 1.60. The van der Waals surface area contributed by atoms with E-state index in [0.29, 0.717) is 37.9 Å². The molecule has 212 valence electrons. The molecule has 0 aliphatic carbocycles. The summed E-state index contributed by atoms with van der Waals surface area (Å²) in [6, 6.07) is 14.7. The predicted molar refractivity (Wildman–Crippen MR) is 151 cm³/mol. The number of carbonyl (C=O) groups excluding carboxylic acids is 2. The zero-order chi connectivity index (χ0) is 29.5. The lowest BCUT2D eigenvalue weighted by Gasteiger charge is -2.14. The van der Waals surface area contributed by atoms with E-state index >= 15 is 0 Å². The molecule has 0 saturated carbocycles. The molecular formula is C30H32ClFN2O6. The average Bonchev–Trinajstić information content (AvgIpc) is 2.95. The van der Waals surface area contributed by atoms with E-state index in [-0.39, 0.29) is 27.5 Å². The third kappa shape index (κ3) is 9.97. The number of amides is 1. The van der Waals surface area contributed by atoms with Gasteiger partial charge in [-0.05, 0) is 67.1 Å². The summed E-state index contributed by atoms with van der Waals surface area (Å²) in [6.07, 6.45) is 0. The summed E-state index contributed by atoms with van der Waals surface area (Å²) in [4.78, 5) is 25.6. The number of hydrogen-bond acceptors (Lipinski definition) is 7. The summed E-state index contributed by atoms with van der Waals surface area (Å²) in [5, 5.41) is 12.1. The highest BCUT2D eigenvalue weighted by Crippen LogP contribution is 2.27. The molecule has 10 heteroatoms. The van der Waals surface area contributed by atoms with E-state index in [1.54, 1.807) is 25.3 Å². The van der Waals surface area contributed by atoms with Crippen molar-refractivity contribution in [2.45, 2.75) is 20.8 Å². The van der Waals surface area contributed by atoms with Gasteiger partial charge in [-0.2, -0.15) is 5.26 Å². The van der Waals surface area contributed by atoms with Gasteiger partial charge >= 0.3 is 0 Å². The van der Waals surface area contributed by atoms with Crippen LogP contribution in [0, 0.1) is 24.1 Å². The van der Waals surface area contributed by atoms with Crippen LogP contribution in [0.4, 0.5) is 10.1 Å². The molecule has 0 unspecified atom stereocenters. The fraction of sp³-hybridized carbons (Fsp3) is 0.300. The second-order valence-corrected chi connectivity index (χ2v) is 8.51. The van der Waals surface area contributed by atoms with E-state index in [0.717, 1.165) is 17.7 Å². The van der Waals surface area contributed by atoms with E-state index in [2.05, 4.69) is 5.32 Å². The van der Waals surface area contributed by atoms with Crippen molar-refractivity contribution in [3.63, 3.8) is 0 Å². The smallest absolute Gasteiger partial charge is 0.262 e. The molecule has 0 aliphatic heterocycles. The number of nitrogens with one attached hydrogen (secondary N) is 1. The molecule has 0 aromatic heterocycles. The van der Waals surface area contributed by atoms with E-state index in [4.69, 9.17) is 35.8 Å². The molecule has 3 aromatic carbocycles. The Balaban J connectivity index is 0.00000274. The van der Waals surface area contributed by atoms with Crippen molar-refractivity contribution >= 4 is 29.0 Å². The number of nitriles is 1. The normalized spacial score (nSPS) is 10.1. The highest BCUT2D eigenvalue weighted by molar-refractivity contribution is 6.31. The first-order valence-electron chi connectivity index (χ1n) is 12.6. The van der Waals surface area contributed by atoms with Crippen LogP contribution in [-0.2, 0) is 14.3 Å². The fourth-order valence-electron chi connectivity index (χ4n) is 3.40. The van der Waals surface area contributed by atoms with Gasteiger partial charge in [-0.25, -0.2) is 4.39 Å². The Labute approximate surface area is 238 Å². The Kier molecular flexibility index (Phi) is 13.6. The monoisotopic (exact) mass is 570 g/mol. The van der Waals surface area contributed by atoms with E-state index in [1.165, 1.54) is 24.3 Å². The summed E-state index contributed by atoms with van der Waals surface area (Å²) in [5.74, 6) is -1.06. The van der Waals surface area contributed by atoms with E-state index < -0.39 is 24.1 Å². The summed E-state index contributed by atoms with van der Waals surface area (Å²) >= 11 is 6.06. The maximum Gasteiger partial charge on any atom is 0.262 e. The number of benzene rings is 3. The highest BCUT2D eigenvalue weighted by atomic mass is 35.5. The number of methoxy groups -OCH3 is 1. The maximum absolute atomic E-state index is 13.9. The molecule has 1 amide bonds. The molecule has 0 spiro atoms. The van der Waals surface area contributed by atoms with Gasteiger partial charge in [0.25, 0.3) is 5.91 Å². The number of rotatable bonds is 13. The molecule has 0 atom stereocenters. The summed E-state index contributed by atoms with van der Waals surface area (Å²) < 4.78 is 35.4. The number of aryl methyl sites for hydroxylation is 1. The lowest BCUT2D eigenvalue weighted by molar-refractivity contribution is -0.118. The Hall–Kier alpha value is -3.97. The molecular weight excluding hydrogens is 539 g/mol. The number of carbonyl (C=O) groups is 2. The maximum atomic E-state index is 13.9. The lowest BCUT2D eigenvalue weighted by atomic mass is 10.0. The van der Waals surface area contributed by atoms with Crippen molar-refractivity contribution < 1.29 is 32.9 Å². The average molecular weight is 571 g/mol. The summed E-state index contributed by atoms with van der Waals surface area (Å²) in [6.45, 7) is 7.23. The van der Waals surface area contributed by atoms with Gasteiger partial charge in [-0.15, -0.1) is 0 Å². The van der Waals surface area contributed by atoms with E-state index in [9.17, 15) is 14.0 Å². The van der Waals surface area contributed by atoms with Gasteiger partial charge in [-0.1, -0.05) is 25.4 Å². The van der Waals surface area contributed by atoms with Crippen LogP contribution in [0.2, 0.25) is 5.02 Å². The zero-order valence-corrected chi connectivity index (χ0v) is 23.6. The second kappa shape index (κ2) is 16.9. The quantitative estimate of drug-likeness (QED) is 0.199. The van der Waals surface area contributed by atoms with Crippen LogP contribution in [0.5, 0.6) is 11.5 Å². The van der Waals surface area contributed by atoms with E-state index in [1.807, 2.05) is 26.8 Å². The molecule has 40 heavy (non-hydrogen) atoms. The van der Waals surface area contributed by atoms with Gasteiger partial charge < -0.3 is 24.3 Å². The number of halogens is 2. The van der Waals surface area contributed by atoms with Crippen molar-refractivity contribution in [1.82, 2.24) is 0 Å². The van der Waals surface area contributed by atoms with Gasteiger partial charge in [0, 0.05) is 23.4 Å². The molecule has 0 saturated heterocycles. The number of ether oxygens (including phenoxy) is 4. The highest BCUT2D eigenvalue weighted by Gasteiger charge is 2.18. The SMILES string of the molecule is CC.COCCOCCOc1ccc(NC(=O)COc2ccc(Cl)cc2C(=O)c2cc(F)cc(C#N)c2)c(C)c1. The lowest BCUT2D eigenvalue weighted by Crippen LogP contribution is -2.21. The van der Waals surface area contributed by atoms with Crippen LogP contribution < -0.4 is 14.8 Å². The third-order valence-corrected chi connectivity index (χ3v) is 5.47. The first-order chi connectivity index (χ1) is 19.3. The van der Waals surface area contributed by atoms with Crippen molar-refractivity contribution in [3.8, 4) is 17.6 Å². The van der Waals surface area contributed by atoms with Gasteiger partial charge in [0.05, 0.1) is 37.0 Å². The number of hydrogen-bond donors (Lipinski definition) is 1. The van der Waals surface area contributed by atoms with Crippen LogP contribution in [0.15, 0.2) is 54.6 Å². The Bertz CT molecular complexity index is 1340. The molecule has 0 fully saturated rings. The first kappa shape index (κ1) is 32.2. The fourth-order valence-corrected chi connectivity index (χ4v) is 3.58. The largest absolute Gasteiger partial charge is 0.491 e.